The van der Waals surface area contributed by atoms with Crippen LogP contribution in [0, 0.1) is 5.82 Å². The third-order valence-corrected chi connectivity index (χ3v) is 9.18. The van der Waals surface area contributed by atoms with Crippen molar-refractivity contribution in [2.45, 2.75) is 71.4 Å². The number of aromatic nitrogens is 3. The molecule has 0 atom stereocenters. The number of hydrogen-bond donors (Lipinski definition) is 0. The summed E-state index contributed by atoms with van der Waals surface area (Å²) in [4.78, 5) is 4.56. The number of pyridine rings is 1. The van der Waals surface area contributed by atoms with Gasteiger partial charge >= 0.3 is 0 Å². The van der Waals surface area contributed by atoms with Gasteiger partial charge in [0.2, 0.25) is 0 Å². The second kappa shape index (κ2) is 11.8. The molecule has 6 nitrogen and oxygen atoms in total. The lowest BCUT2D eigenvalue weighted by Crippen LogP contribution is -2.22. The molecule has 0 saturated heterocycles. The van der Waals surface area contributed by atoms with E-state index in [0.29, 0.717) is 13.3 Å². The van der Waals surface area contributed by atoms with E-state index in [-0.39, 0.29) is 12.5 Å². The highest BCUT2D eigenvalue weighted by atomic mass is 28.3. The third kappa shape index (κ3) is 8.52. The van der Waals surface area contributed by atoms with E-state index in [1.165, 1.54) is 6.07 Å². The smallest absolute Gasteiger partial charge is 0.189 e. The Morgan fingerprint density at radius 1 is 0.914 bits per heavy atom. The fourth-order valence-corrected chi connectivity index (χ4v) is 5.02. The van der Waals surface area contributed by atoms with E-state index in [1.54, 1.807) is 16.9 Å². The van der Waals surface area contributed by atoms with Gasteiger partial charge in [0.25, 0.3) is 0 Å². The number of halogens is 1. The average Bonchev–Trinajstić information content (AvgIpc) is 3.18. The molecule has 3 rings (SSSR count). The van der Waals surface area contributed by atoms with Gasteiger partial charge in [0.1, 0.15) is 17.8 Å². The van der Waals surface area contributed by atoms with Gasteiger partial charge < -0.3 is 14.2 Å². The normalized spacial score (nSPS) is 12.5. The third-order valence-electron chi connectivity index (χ3n) is 5.77. The fourth-order valence-electron chi connectivity index (χ4n) is 3.51. The largest absolute Gasteiger partial charge is 0.464 e. The van der Waals surface area contributed by atoms with Crippen molar-refractivity contribution < 1.29 is 18.6 Å². The standard InChI is InChI=1S/C26H40FN3O3Si2/c1-8-20-14-26(33-19-32-10-12-35(5,6)7)23(27)15-22(20)21-13-24-25(28-16-21)17-30(29-24)18-31-9-11-34(2,3)4/h13-17H,8-12,18-19H2,1-7H3. The average molecular weight is 518 g/mol. The quantitative estimate of drug-likeness (QED) is 0.142. The Labute approximate surface area is 210 Å². The van der Waals surface area contributed by atoms with Gasteiger partial charge in [0, 0.05) is 41.1 Å². The SMILES string of the molecule is CCc1cc(OCOCC[Si](C)(C)C)c(F)cc1-c1cnc2cn(COCC[Si](C)(C)C)nc2c1. The molecule has 0 saturated carbocycles. The van der Waals surface area contributed by atoms with Gasteiger partial charge in [-0.1, -0.05) is 46.2 Å². The Morgan fingerprint density at radius 2 is 1.60 bits per heavy atom. The van der Waals surface area contributed by atoms with E-state index in [1.807, 2.05) is 19.2 Å². The minimum atomic E-state index is -1.16. The summed E-state index contributed by atoms with van der Waals surface area (Å²) >= 11 is 0. The van der Waals surface area contributed by atoms with Crippen LogP contribution in [0.2, 0.25) is 51.4 Å². The van der Waals surface area contributed by atoms with Gasteiger partial charge in [-0.15, -0.1) is 0 Å². The van der Waals surface area contributed by atoms with Crippen LogP contribution >= 0.6 is 0 Å². The van der Waals surface area contributed by atoms with Crippen molar-refractivity contribution in [1.29, 1.82) is 0 Å². The van der Waals surface area contributed by atoms with Crippen LogP contribution in [0.25, 0.3) is 22.2 Å². The van der Waals surface area contributed by atoms with Gasteiger partial charge in [-0.25, -0.2) is 9.07 Å². The summed E-state index contributed by atoms with van der Waals surface area (Å²) in [5.74, 6) is -0.195. The molecule has 3 aromatic rings. The first kappa shape index (κ1) is 27.5. The second-order valence-electron chi connectivity index (χ2n) is 11.4. The molecule has 2 heterocycles. The lowest BCUT2D eigenvalue weighted by atomic mass is 9.98. The molecule has 0 unspecified atom stereocenters. The van der Waals surface area contributed by atoms with Gasteiger partial charge in [-0.3, -0.25) is 4.98 Å². The van der Waals surface area contributed by atoms with Gasteiger partial charge in [-0.05, 0) is 47.8 Å². The first-order chi connectivity index (χ1) is 16.4. The summed E-state index contributed by atoms with van der Waals surface area (Å²) in [6.45, 7) is 17.8. The Kier molecular flexibility index (Phi) is 9.25. The summed E-state index contributed by atoms with van der Waals surface area (Å²) in [5.41, 5.74) is 4.16. The molecule has 0 bridgehead atoms. The molecule has 0 aliphatic heterocycles. The molecular weight excluding hydrogens is 477 g/mol. The van der Waals surface area contributed by atoms with Crippen LogP contribution in [0.3, 0.4) is 0 Å². The Hall–Kier alpha value is -2.08. The minimum absolute atomic E-state index is 0.0505. The van der Waals surface area contributed by atoms with Gasteiger partial charge in [-0.2, -0.15) is 5.10 Å². The highest BCUT2D eigenvalue weighted by Crippen LogP contribution is 2.31. The van der Waals surface area contributed by atoms with Gasteiger partial charge in [0.15, 0.2) is 18.4 Å². The van der Waals surface area contributed by atoms with E-state index in [2.05, 4.69) is 49.4 Å². The maximum absolute atomic E-state index is 14.9. The Balaban J connectivity index is 1.69. The predicted octanol–water partition coefficient (Wildman–Crippen LogP) is 6.80. The molecule has 1 aromatic carbocycles. The van der Waals surface area contributed by atoms with Crippen LogP contribution in [-0.4, -0.2) is 50.9 Å². The van der Waals surface area contributed by atoms with Crippen molar-refractivity contribution in [3.63, 3.8) is 0 Å². The molecule has 0 radical (unpaired) electrons. The number of nitrogens with zero attached hydrogens (tertiary/aromatic N) is 3. The van der Waals surface area contributed by atoms with Crippen LogP contribution in [0.5, 0.6) is 5.75 Å². The molecule has 35 heavy (non-hydrogen) atoms. The predicted molar refractivity (Wildman–Crippen MR) is 146 cm³/mol. The van der Waals surface area contributed by atoms with E-state index in [0.717, 1.165) is 52.8 Å². The number of benzene rings is 1. The summed E-state index contributed by atoms with van der Waals surface area (Å²) in [6, 6.07) is 7.41. The first-order valence-corrected chi connectivity index (χ1v) is 19.8. The van der Waals surface area contributed by atoms with Crippen molar-refractivity contribution in [2.24, 2.45) is 0 Å². The summed E-state index contributed by atoms with van der Waals surface area (Å²) in [7, 11) is -2.28. The maximum atomic E-state index is 14.9. The highest BCUT2D eigenvalue weighted by molar-refractivity contribution is 6.76. The first-order valence-electron chi connectivity index (χ1n) is 12.4. The van der Waals surface area contributed by atoms with E-state index in [4.69, 9.17) is 14.2 Å². The minimum Gasteiger partial charge on any atom is -0.464 e. The van der Waals surface area contributed by atoms with E-state index >= 15 is 0 Å². The van der Waals surface area contributed by atoms with E-state index in [9.17, 15) is 4.39 Å². The zero-order chi connectivity index (χ0) is 25.6. The number of aryl methyl sites for hydroxylation is 1. The number of hydrogen-bond acceptors (Lipinski definition) is 5. The molecule has 9 heteroatoms. The molecule has 0 N–H and O–H groups in total. The molecule has 2 aromatic heterocycles. The lowest BCUT2D eigenvalue weighted by Gasteiger charge is -2.16. The van der Waals surface area contributed by atoms with Gasteiger partial charge in [0.05, 0.1) is 6.20 Å². The van der Waals surface area contributed by atoms with Crippen LogP contribution in [-0.2, 0) is 22.6 Å². The van der Waals surface area contributed by atoms with Crippen molar-refractivity contribution >= 4 is 27.2 Å². The van der Waals surface area contributed by atoms with Crippen molar-refractivity contribution in [1.82, 2.24) is 14.8 Å². The Bertz CT molecular complexity index is 1120. The van der Waals surface area contributed by atoms with E-state index < -0.39 is 22.0 Å². The molecule has 0 amide bonds. The molecule has 0 aliphatic rings. The van der Waals surface area contributed by atoms with Crippen LogP contribution in [0.15, 0.2) is 30.6 Å². The number of ether oxygens (including phenoxy) is 3. The highest BCUT2D eigenvalue weighted by Gasteiger charge is 2.16. The van der Waals surface area contributed by atoms with Crippen LogP contribution in [0.4, 0.5) is 4.39 Å². The molecule has 0 fully saturated rings. The fraction of sp³-hybridized carbons (Fsp3) is 0.538. The Morgan fingerprint density at radius 3 is 2.26 bits per heavy atom. The maximum Gasteiger partial charge on any atom is 0.189 e. The lowest BCUT2D eigenvalue weighted by molar-refractivity contribution is 0.0197. The summed E-state index contributed by atoms with van der Waals surface area (Å²) in [5, 5.41) is 4.61. The zero-order valence-electron chi connectivity index (χ0n) is 22.3. The van der Waals surface area contributed by atoms with Crippen molar-refractivity contribution in [3.05, 3.63) is 42.0 Å². The topological polar surface area (TPSA) is 58.4 Å². The summed E-state index contributed by atoms with van der Waals surface area (Å²) in [6.07, 6.45) is 4.39. The number of fused-ring (bicyclic) bond motifs is 1. The van der Waals surface area contributed by atoms with Crippen LogP contribution in [0.1, 0.15) is 12.5 Å². The van der Waals surface area contributed by atoms with Crippen LogP contribution < -0.4 is 4.74 Å². The molecule has 0 aliphatic carbocycles. The number of rotatable bonds is 13. The second-order valence-corrected chi connectivity index (χ2v) is 22.7. The van der Waals surface area contributed by atoms with Crippen molar-refractivity contribution in [3.8, 4) is 16.9 Å². The molecular formula is C26H40FN3O3Si2. The molecule has 192 valence electrons. The molecule has 0 spiro atoms. The monoisotopic (exact) mass is 517 g/mol. The zero-order valence-corrected chi connectivity index (χ0v) is 24.3. The summed E-state index contributed by atoms with van der Waals surface area (Å²) < 4.78 is 33.7. The van der Waals surface area contributed by atoms with Crippen molar-refractivity contribution in [2.75, 3.05) is 20.0 Å².